The highest BCUT2D eigenvalue weighted by molar-refractivity contribution is 5.46. The first kappa shape index (κ1) is 12.9. The molecule has 2 aliphatic heterocycles. The molecule has 1 aromatic carbocycles. The van der Waals surface area contributed by atoms with Gasteiger partial charge >= 0.3 is 0 Å². The fourth-order valence-corrected chi connectivity index (χ4v) is 3.32. The maximum atomic E-state index is 5.86. The van der Waals surface area contributed by atoms with Gasteiger partial charge < -0.3 is 14.8 Å². The van der Waals surface area contributed by atoms with E-state index in [0.29, 0.717) is 18.1 Å². The molecule has 0 amide bonds. The van der Waals surface area contributed by atoms with Gasteiger partial charge in [-0.15, -0.1) is 0 Å². The first-order valence-corrected chi connectivity index (χ1v) is 7.39. The third kappa shape index (κ3) is 2.49. The van der Waals surface area contributed by atoms with Gasteiger partial charge in [0.2, 0.25) is 0 Å². The molecule has 0 aliphatic carbocycles. The summed E-state index contributed by atoms with van der Waals surface area (Å²) >= 11 is 0. The van der Waals surface area contributed by atoms with E-state index in [1.165, 1.54) is 11.1 Å². The summed E-state index contributed by atoms with van der Waals surface area (Å²) in [6.07, 6.45) is 2.55. The molecule has 3 nitrogen and oxygen atoms in total. The molecule has 0 aromatic heterocycles. The van der Waals surface area contributed by atoms with Crippen molar-refractivity contribution in [2.75, 3.05) is 19.8 Å². The van der Waals surface area contributed by atoms with Crippen molar-refractivity contribution in [2.45, 2.75) is 38.8 Å². The zero-order valence-electron chi connectivity index (χ0n) is 11.8. The second-order valence-corrected chi connectivity index (χ2v) is 5.61. The van der Waals surface area contributed by atoms with Crippen LogP contribution in [-0.2, 0) is 11.2 Å². The molecule has 3 heteroatoms. The predicted molar refractivity (Wildman–Crippen MR) is 75.6 cm³/mol. The lowest BCUT2D eigenvalue weighted by Crippen LogP contribution is -2.29. The maximum absolute atomic E-state index is 5.86. The minimum absolute atomic E-state index is 0.350. The van der Waals surface area contributed by atoms with E-state index < -0.39 is 0 Å². The predicted octanol–water partition coefficient (Wildman–Crippen LogP) is 2.70. The SMILES string of the molecule is CCNC(c1cccc2c1OCC2)C1COC(C)C1. The molecule has 19 heavy (non-hydrogen) atoms. The number of hydrogen-bond acceptors (Lipinski definition) is 3. The summed E-state index contributed by atoms with van der Waals surface area (Å²) in [5, 5.41) is 3.63. The van der Waals surface area contributed by atoms with Crippen LogP contribution in [0.1, 0.15) is 37.4 Å². The highest BCUT2D eigenvalue weighted by Crippen LogP contribution is 2.39. The molecule has 1 saturated heterocycles. The highest BCUT2D eigenvalue weighted by atomic mass is 16.5. The number of ether oxygens (including phenoxy) is 2. The van der Waals surface area contributed by atoms with Crippen LogP contribution in [0.2, 0.25) is 0 Å². The van der Waals surface area contributed by atoms with Crippen LogP contribution in [0, 0.1) is 5.92 Å². The number of nitrogens with one attached hydrogen (secondary N) is 1. The summed E-state index contributed by atoms with van der Waals surface area (Å²) in [4.78, 5) is 0. The molecule has 1 N–H and O–H groups in total. The minimum Gasteiger partial charge on any atom is -0.493 e. The Morgan fingerprint density at radius 2 is 2.32 bits per heavy atom. The zero-order chi connectivity index (χ0) is 13.2. The molecule has 0 saturated carbocycles. The molecule has 104 valence electrons. The Bertz CT molecular complexity index is 446. The topological polar surface area (TPSA) is 30.5 Å². The van der Waals surface area contributed by atoms with Gasteiger partial charge in [-0.3, -0.25) is 0 Å². The molecule has 0 bridgehead atoms. The Morgan fingerprint density at radius 1 is 1.42 bits per heavy atom. The smallest absolute Gasteiger partial charge is 0.127 e. The van der Waals surface area contributed by atoms with E-state index in [2.05, 4.69) is 37.4 Å². The Hall–Kier alpha value is -1.06. The van der Waals surface area contributed by atoms with E-state index >= 15 is 0 Å². The van der Waals surface area contributed by atoms with Crippen molar-refractivity contribution < 1.29 is 9.47 Å². The van der Waals surface area contributed by atoms with Crippen molar-refractivity contribution in [3.8, 4) is 5.75 Å². The largest absolute Gasteiger partial charge is 0.493 e. The lowest BCUT2D eigenvalue weighted by atomic mass is 9.89. The van der Waals surface area contributed by atoms with Gasteiger partial charge in [-0.05, 0) is 25.5 Å². The van der Waals surface area contributed by atoms with Crippen LogP contribution >= 0.6 is 0 Å². The van der Waals surface area contributed by atoms with Crippen molar-refractivity contribution in [3.63, 3.8) is 0 Å². The van der Waals surface area contributed by atoms with Crippen LogP contribution in [0.25, 0.3) is 0 Å². The Morgan fingerprint density at radius 3 is 3.05 bits per heavy atom. The van der Waals surface area contributed by atoms with Crippen LogP contribution in [0.5, 0.6) is 5.75 Å². The van der Waals surface area contributed by atoms with E-state index in [9.17, 15) is 0 Å². The Labute approximate surface area is 115 Å². The van der Waals surface area contributed by atoms with Crippen LogP contribution in [0.4, 0.5) is 0 Å². The van der Waals surface area contributed by atoms with Gasteiger partial charge in [0.25, 0.3) is 0 Å². The second kappa shape index (κ2) is 5.51. The first-order valence-electron chi connectivity index (χ1n) is 7.39. The molecule has 3 rings (SSSR count). The van der Waals surface area contributed by atoms with E-state index in [4.69, 9.17) is 9.47 Å². The van der Waals surface area contributed by atoms with Crippen molar-refractivity contribution in [2.24, 2.45) is 5.92 Å². The normalized spacial score (nSPS) is 27.1. The Kier molecular flexibility index (Phi) is 3.76. The van der Waals surface area contributed by atoms with Crippen LogP contribution in [0.15, 0.2) is 18.2 Å². The summed E-state index contributed by atoms with van der Waals surface area (Å²) < 4.78 is 11.6. The molecular formula is C16H23NO2. The number of fused-ring (bicyclic) bond motifs is 1. The van der Waals surface area contributed by atoms with Gasteiger partial charge in [0.05, 0.1) is 19.3 Å². The second-order valence-electron chi connectivity index (χ2n) is 5.61. The molecule has 2 aliphatic rings. The third-order valence-electron chi connectivity index (χ3n) is 4.20. The number of benzene rings is 1. The first-order chi connectivity index (χ1) is 9.29. The standard InChI is InChI=1S/C16H23NO2/c1-3-17-15(13-9-11(2)19-10-13)14-6-4-5-12-7-8-18-16(12)14/h4-6,11,13,15,17H,3,7-10H2,1-2H3. The van der Waals surface area contributed by atoms with Gasteiger partial charge in [-0.25, -0.2) is 0 Å². The monoisotopic (exact) mass is 261 g/mol. The average Bonchev–Trinajstić information content (AvgIpc) is 3.04. The third-order valence-corrected chi connectivity index (χ3v) is 4.20. The van der Waals surface area contributed by atoms with Gasteiger partial charge in [0.1, 0.15) is 5.75 Å². The molecule has 1 fully saturated rings. The summed E-state index contributed by atoms with van der Waals surface area (Å²) in [6.45, 7) is 6.97. The lowest BCUT2D eigenvalue weighted by molar-refractivity contribution is 0.117. The van der Waals surface area contributed by atoms with Crippen molar-refractivity contribution in [1.29, 1.82) is 0 Å². The summed E-state index contributed by atoms with van der Waals surface area (Å²) in [5.74, 6) is 1.67. The molecule has 0 spiro atoms. The number of hydrogen-bond donors (Lipinski definition) is 1. The van der Waals surface area contributed by atoms with E-state index in [1.54, 1.807) is 0 Å². The summed E-state index contributed by atoms with van der Waals surface area (Å²) in [6, 6.07) is 6.90. The Balaban J connectivity index is 1.90. The molecular weight excluding hydrogens is 238 g/mol. The van der Waals surface area contributed by atoms with Crippen molar-refractivity contribution in [1.82, 2.24) is 5.32 Å². The summed E-state index contributed by atoms with van der Waals surface area (Å²) in [7, 11) is 0. The van der Waals surface area contributed by atoms with Crippen LogP contribution in [0.3, 0.4) is 0 Å². The quantitative estimate of drug-likeness (QED) is 0.904. The zero-order valence-corrected chi connectivity index (χ0v) is 11.8. The average molecular weight is 261 g/mol. The fourth-order valence-electron chi connectivity index (χ4n) is 3.32. The van der Waals surface area contributed by atoms with Gasteiger partial charge in [-0.2, -0.15) is 0 Å². The molecule has 3 unspecified atom stereocenters. The van der Waals surface area contributed by atoms with Gasteiger partial charge in [0.15, 0.2) is 0 Å². The highest BCUT2D eigenvalue weighted by Gasteiger charge is 2.33. The number of rotatable bonds is 4. The fraction of sp³-hybridized carbons (Fsp3) is 0.625. The van der Waals surface area contributed by atoms with E-state index in [-0.39, 0.29) is 0 Å². The molecule has 1 aromatic rings. The van der Waals surface area contributed by atoms with Crippen LogP contribution in [-0.4, -0.2) is 25.9 Å². The van der Waals surface area contributed by atoms with Gasteiger partial charge in [0, 0.05) is 23.9 Å². The molecule has 3 atom stereocenters. The van der Waals surface area contributed by atoms with Crippen LogP contribution < -0.4 is 10.1 Å². The van der Waals surface area contributed by atoms with E-state index in [0.717, 1.165) is 38.3 Å². The van der Waals surface area contributed by atoms with Crippen molar-refractivity contribution in [3.05, 3.63) is 29.3 Å². The minimum atomic E-state index is 0.350. The lowest BCUT2D eigenvalue weighted by Gasteiger charge is -2.25. The van der Waals surface area contributed by atoms with Gasteiger partial charge in [-0.1, -0.05) is 25.1 Å². The molecule has 2 heterocycles. The molecule has 0 radical (unpaired) electrons. The maximum Gasteiger partial charge on any atom is 0.127 e. The van der Waals surface area contributed by atoms with E-state index in [1.807, 2.05) is 0 Å². The number of para-hydroxylation sites is 1. The summed E-state index contributed by atoms with van der Waals surface area (Å²) in [5.41, 5.74) is 2.67. The van der Waals surface area contributed by atoms with Crippen molar-refractivity contribution >= 4 is 0 Å².